The van der Waals surface area contributed by atoms with E-state index in [4.69, 9.17) is 14.6 Å². The molecule has 134 valence electrons. The van der Waals surface area contributed by atoms with Crippen LogP contribution in [-0.4, -0.2) is 75.1 Å². The molecular formula is C16H28O7. The highest BCUT2D eigenvalue weighted by Crippen LogP contribution is 2.22. The fourth-order valence-electron chi connectivity index (χ4n) is 2.19. The number of rotatable bonds is 8. The average Bonchev–Trinajstić information content (AvgIpc) is 2.52. The summed E-state index contributed by atoms with van der Waals surface area (Å²) in [7, 11) is 0. The number of hydrogen-bond acceptors (Lipinski definition) is 7. The molecule has 0 aliphatic carbocycles. The first-order valence-corrected chi connectivity index (χ1v) is 7.65. The summed E-state index contributed by atoms with van der Waals surface area (Å²) < 4.78 is 10.7. The lowest BCUT2D eigenvalue weighted by atomic mass is 9.99. The first kappa shape index (κ1) is 20.2. The fraction of sp³-hybridized carbons (Fsp3) is 0.750. The molecule has 7 heteroatoms. The van der Waals surface area contributed by atoms with Crippen LogP contribution in [0.25, 0.3) is 0 Å². The van der Waals surface area contributed by atoms with Crippen LogP contribution in [0.4, 0.5) is 0 Å². The third-order valence-electron chi connectivity index (χ3n) is 3.91. The van der Waals surface area contributed by atoms with Crippen molar-refractivity contribution in [3.63, 3.8) is 0 Å². The smallest absolute Gasteiger partial charge is 0.187 e. The van der Waals surface area contributed by atoms with Gasteiger partial charge in [-0.3, -0.25) is 0 Å². The molecule has 0 spiro atoms. The zero-order valence-corrected chi connectivity index (χ0v) is 13.6. The lowest BCUT2D eigenvalue weighted by molar-refractivity contribution is -0.299. The van der Waals surface area contributed by atoms with Crippen LogP contribution in [0, 0.1) is 0 Å². The first-order chi connectivity index (χ1) is 10.7. The molecule has 1 rings (SSSR count). The van der Waals surface area contributed by atoms with E-state index in [1.165, 1.54) is 6.08 Å². The van der Waals surface area contributed by atoms with Crippen molar-refractivity contribution in [2.45, 2.75) is 63.0 Å². The fourth-order valence-corrected chi connectivity index (χ4v) is 2.19. The number of hydrogen-bond donors (Lipinski definition) is 5. The largest absolute Gasteiger partial charge is 0.394 e. The number of aliphatic hydroxyl groups is 5. The van der Waals surface area contributed by atoms with Crippen LogP contribution in [0.3, 0.4) is 0 Å². The third-order valence-corrected chi connectivity index (χ3v) is 3.91. The van der Waals surface area contributed by atoms with Crippen molar-refractivity contribution in [1.82, 2.24) is 0 Å². The van der Waals surface area contributed by atoms with Gasteiger partial charge in [-0.2, -0.15) is 0 Å². The van der Waals surface area contributed by atoms with Gasteiger partial charge in [0.25, 0.3) is 0 Å². The Kier molecular flexibility index (Phi) is 7.82. The van der Waals surface area contributed by atoms with Gasteiger partial charge in [-0.1, -0.05) is 17.7 Å². The van der Waals surface area contributed by atoms with E-state index in [9.17, 15) is 20.4 Å². The Bertz CT molecular complexity index is 405. The molecule has 23 heavy (non-hydrogen) atoms. The second kappa shape index (κ2) is 8.89. The molecule has 1 heterocycles. The quantitative estimate of drug-likeness (QED) is 0.379. The van der Waals surface area contributed by atoms with E-state index < -0.39 is 42.9 Å². The molecule has 0 radical (unpaired) electrons. The lowest BCUT2D eigenvalue weighted by Crippen LogP contribution is -2.59. The van der Waals surface area contributed by atoms with Gasteiger partial charge in [-0.15, -0.1) is 6.58 Å². The van der Waals surface area contributed by atoms with Crippen LogP contribution in [-0.2, 0) is 9.47 Å². The summed E-state index contributed by atoms with van der Waals surface area (Å²) in [6.07, 6.45) is -1.83. The van der Waals surface area contributed by atoms with Crippen molar-refractivity contribution in [2.75, 3.05) is 13.2 Å². The molecule has 1 aliphatic rings. The van der Waals surface area contributed by atoms with E-state index >= 15 is 0 Å². The van der Waals surface area contributed by atoms with Gasteiger partial charge in [0.15, 0.2) is 6.29 Å². The van der Waals surface area contributed by atoms with E-state index in [0.29, 0.717) is 12.8 Å². The van der Waals surface area contributed by atoms with Gasteiger partial charge >= 0.3 is 0 Å². The maximum absolute atomic E-state index is 9.84. The maximum Gasteiger partial charge on any atom is 0.187 e. The molecule has 0 bridgehead atoms. The highest BCUT2D eigenvalue weighted by molar-refractivity contribution is 5.01. The molecule has 5 N–H and O–H groups in total. The predicted octanol–water partition coefficient (Wildman–Crippen LogP) is -0.534. The molecular weight excluding hydrogens is 304 g/mol. The summed E-state index contributed by atoms with van der Waals surface area (Å²) in [5.74, 6) is 0. The summed E-state index contributed by atoms with van der Waals surface area (Å²) in [4.78, 5) is 0. The normalized spacial score (nSPS) is 34.9. The SMILES string of the molecule is C=C[C@@](C)(O)CC/C=C(\C)CO[C@H]1O[C@H](CO)[C@H](O)[C@@H](O)[C@@H]1O. The third kappa shape index (κ3) is 5.96. The van der Waals surface area contributed by atoms with Crippen LogP contribution in [0.15, 0.2) is 24.3 Å². The second-order valence-electron chi connectivity index (χ2n) is 6.16. The Balaban J connectivity index is 2.48. The van der Waals surface area contributed by atoms with E-state index in [0.717, 1.165) is 5.57 Å². The van der Waals surface area contributed by atoms with E-state index in [-0.39, 0.29) is 6.61 Å². The lowest BCUT2D eigenvalue weighted by Gasteiger charge is -2.39. The summed E-state index contributed by atoms with van der Waals surface area (Å²) in [5, 5.41) is 48.1. The van der Waals surface area contributed by atoms with Crippen LogP contribution >= 0.6 is 0 Å². The van der Waals surface area contributed by atoms with Gasteiger partial charge in [0.2, 0.25) is 0 Å². The standard InChI is InChI=1S/C16H28O7/c1-4-16(3,21)7-5-6-10(2)9-22-15-14(20)13(19)12(18)11(8-17)23-15/h4,6,11-15,17-21H,1,5,7-9H2,2-3H3/b10-6+/t11-,12+,13-,14+,15+,16-/m1/s1. The molecule has 0 amide bonds. The molecule has 6 atom stereocenters. The summed E-state index contributed by atoms with van der Waals surface area (Å²) in [6.45, 7) is 6.72. The second-order valence-corrected chi connectivity index (χ2v) is 6.16. The Morgan fingerprint density at radius 1 is 1.26 bits per heavy atom. The van der Waals surface area contributed by atoms with Gasteiger partial charge in [-0.05, 0) is 26.7 Å². The van der Waals surface area contributed by atoms with Crippen molar-refractivity contribution in [3.05, 3.63) is 24.3 Å². The van der Waals surface area contributed by atoms with Crippen LogP contribution in [0.1, 0.15) is 26.7 Å². The zero-order chi connectivity index (χ0) is 17.6. The Morgan fingerprint density at radius 2 is 1.91 bits per heavy atom. The molecule has 7 nitrogen and oxygen atoms in total. The van der Waals surface area contributed by atoms with Crippen LogP contribution in [0.2, 0.25) is 0 Å². The van der Waals surface area contributed by atoms with Crippen molar-refractivity contribution >= 4 is 0 Å². The number of allylic oxidation sites excluding steroid dienone is 1. The van der Waals surface area contributed by atoms with Crippen molar-refractivity contribution < 1.29 is 35.0 Å². The Labute approximate surface area is 136 Å². The molecule has 1 saturated heterocycles. The van der Waals surface area contributed by atoms with Crippen LogP contribution in [0.5, 0.6) is 0 Å². The molecule has 0 unspecified atom stereocenters. The van der Waals surface area contributed by atoms with E-state index in [1.54, 1.807) is 6.92 Å². The average molecular weight is 332 g/mol. The first-order valence-electron chi connectivity index (χ1n) is 7.65. The Hall–Kier alpha value is -0.800. The van der Waals surface area contributed by atoms with E-state index in [1.807, 2.05) is 13.0 Å². The Morgan fingerprint density at radius 3 is 2.48 bits per heavy atom. The summed E-state index contributed by atoms with van der Waals surface area (Å²) in [5.41, 5.74) is -0.0589. The minimum absolute atomic E-state index is 0.152. The molecule has 1 fully saturated rings. The molecule has 0 saturated carbocycles. The number of ether oxygens (including phenoxy) is 2. The van der Waals surface area contributed by atoms with E-state index in [2.05, 4.69) is 6.58 Å². The minimum atomic E-state index is -1.45. The minimum Gasteiger partial charge on any atom is -0.394 e. The van der Waals surface area contributed by atoms with Gasteiger partial charge in [0, 0.05) is 0 Å². The highest BCUT2D eigenvalue weighted by Gasteiger charge is 2.43. The maximum atomic E-state index is 9.84. The highest BCUT2D eigenvalue weighted by atomic mass is 16.7. The topological polar surface area (TPSA) is 120 Å². The summed E-state index contributed by atoms with van der Waals surface area (Å²) >= 11 is 0. The number of aliphatic hydroxyl groups excluding tert-OH is 4. The molecule has 0 aromatic heterocycles. The molecule has 0 aromatic rings. The zero-order valence-electron chi connectivity index (χ0n) is 13.6. The van der Waals surface area contributed by atoms with Crippen molar-refractivity contribution in [2.24, 2.45) is 0 Å². The monoisotopic (exact) mass is 332 g/mol. The van der Waals surface area contributed by atoms with Crippen LogP contribution < -0.4 is 0 Å². The van der Waals surface area contributed by atoms with Gasteiger partial charge in [-0.25, -0.2) is 0 Å². The van der Waals surface area contributed by atoms with Gasteiger partial charge < -0.3 is 35.0 Å². The van der Waals surface area contributed by atoms with Gasteiger partial charge in [0.1, 0.15) is 24.4 Å². The van der Waals surface area contributed by atoms with Crippen molar-refractivity contribution in [3.8, 4) is 0 Å². The summed E-state index contributed by atoms with van der Waals surface area (Å²) in [6, 6.07) is 0. The van der Waals surface area contributed by atoms with Gasteiger partial charge in [0.05, 0.1) is 18.8 Å². The molecule has 1 aliphatic heterocycles. The predicted molar refractivity (Wildman–Crippen MR) is 83.5 cm³/mol. The molecule has 0 aromatic carbocycles. The van der Waals surface area contributed by atoms with Crippen molar-refractivity contribution in [1.29, 1.82) is 0 Å².